The molecule has 0 N–H and O–H groups in total. The zero-order valence-corrected chi connectivity index (χ0v) is 10.1. The number of hydrogen-bond acceptors (Lipinski definition) is 0. The Kier molecular flexibility index (Phi) is 5.76. The molecule has 76 valence electrons. The Hall–Kier alpha value is 0.0700. The van der Waals surface area contributed by atoms with Crippen LogP contribution in [0.15, 0.2) is 24.3 Å². The highest BCUT2D eigenvalue weighted by molar-refractivity contribution is 14.1. The molecular weight excluding hydrogens is 285 g/mol. The van der Waals surface area contributed by atoms with Crippen LogP contribution in [0.5, 0.6) is 0 Å². The summed E-state index contributed by atoms with van der Waals surface area (Å²) in [5, 5.41) is 0. The Morgan fingerprint density at radius 3 is 2.54 bits per heavy atom. The standard InChI is InChI=1S/C10H15F2I/c1-4-8(2)5-6-9(3)7-10(11,12)13/h4,6,8H,1,5,7H2,2-3H3/b9-6+. The van der Waals surface area contributed by atoms with Gasteiger partial charge in [0.2, 0.25) is 0 Å². The van der Waals surface area contributed by atoms with Crippen LogP contribution in [0.25, 0.3) is 0 Å². The molecule has 0 amide bonds. The molecule has 0 nitrogen and oxygen atoms in total. The molecule has 3 heteroatoms. The first-order chi connectivity index (χ1) is 5.85. The van der Waals surface area contributed by atoms with Crippen LogP contribution in [0.4, 0.5) is 8.78 Å². The van der Waals surface area contributed by atoms with E-state index in [1.165, 1.54) is 0 Å². The topological polar surface area (TPSA) is 0 Å². The van der Waals surface area contributed by atoms with Crippen molar-refractivity contribution in [3.63, 3.8) is 0 Å². The van der Waals surface area contributed by atoms with Gasteiger partial charge >= 0.3 is 0 Å². The van der Waals surface area contributed by atoms with E-state index in [2.05, 4.69) is 6.58 Å². The fourth-order valence-electron chi connectivity index (χ4n) is 0.872. The van der Waals surface area contributed by atoms with E-state index in [1.807, 2.05) is 19.1 Å². The molecule has 0 aliphatic rings. The first-order valence-corrected chi connectivity index (χ1v) is 5.28. The van der Waals surface area contributed by atoms with E-state index in [9.17, 15) is 8.78 Å². The summed E-state index contributed by atoms with van der Waals surface area (Å²) >= 11 is 1.16. The summed E-state index contributed by atoms with van der Waals surface area (Å²) in [5.41, 5.74) is 0.744. The molecule has 1 atom stereocenters. The third-order valence-corrected chi connectivity index (χ3v) is 2.10. The number of rotatable bonds is 5. The summed E-state index contributed by atoms with van der Waals surface area (Å²) in [6.45, 7) is 7.39. The number of hydrogen-bond donors (Lipinski definition) is 0. The zero-order valence-electron chi connectivity index (χ0n) is 7.99. The van der Waals surface area contributed by atoms with Crippen LogP contribution < -0.4 is 0 Å². The minimum absolute atomic E-state index is 0.155. The van der Waals surface area contributed by atoms with Gasteiger partial charge in [-0.2, -0.15) is 8.78 Å². The smallest absolute Gasteiger partial charge is 0.195 e. The lowest BCUT2D eigenvalue weighted by Crippen LogP contribution is -2.04. The molecule has 0 aliphatic heterocycles. The van der Waals surface area contributed by atoms with Gasteiger partial charge in [0.05, 0.1) is 0 Å². The maximum absolute atomic E-state index is 12.5. The molecule has 0 aromatic carbocycles. The van der Waals surface area contributed by atoms with Crippen LogP contribution in [-0.2, 0) is 0 Å². The van der Waals surface area contributed by atoms with Crippen LogP contribution >= 0.6 is 22.6 Å². The number of halogens is 3. The largest absolute Gasteiger partial charge is 0.300 e. The molecule has 0 saturated carbocycles. The molecular formula is C10H15F2I. The molecule has 0 fully saturated rings. The van der Waals surface area contributed by atoms with Crippen molar-refractivity contribution in [2.24, 2.45) is 5.92 Å². The van der Waals surface area contributed by atoms with E-state index in [1.54, 1.807) is 6.92 Å². The van der Waals surface area contributed by atoms with E-state index < -0.39 is 3.93 Å². The van der Waals surface area contributed by atoms with Crippen LogP contribution in [-0.4, -0.2) is 3.93 Å². The maximum Gasteiger partial charge on any atom is 0.300 e. The monoisotopic (exact) mass is 300 g/mol. The zero-order chi connectivity index (χ0) is 10.5. The molecule has 0 aromatic heterocycles. The third kappa shape index (κ3) is 8.40. The quantitative estimate of drug-likeness (QED) is 0.396. The van der Waals surface area contributed by atoms with E-state index in [0.29, 0.717) is 5.92 Å². The lowest BCUT2D eigenvalue weighted by Gasteiger charge is -2.08. The molecule has 0 radical (unpaired) electrons. The van der Waals surface area contributed by atoms with Crippen LogP contribution in [0.2, 0.25) is 0 Å². The van der Waals surface area contributed by atoms with Crippen molar-refractivity contribution >= 4 is 22.6 Å². The fraction of sp³-hybridized carbons (Fsp3) is 0.600. The van der Waals surface area contributed by atoms with Gasteiger partial charge < -0.3 is 0 Å². The molecule has 13 heavy (non-hydrogen) atoms. The molecule has 1 unspecified atom stereocenters. The minimum atomic E-state index is -2.62. The van der Waals surface area contributed by atoms with Crippen molar-refractivity contribution in [1.82, 2.24) is 0 Å². The SMILES string of the molecule is C=CC(C)C/C=C(\C)CC(F)(F)I. The average Bonchev–Trinajstić information content (AvgIpc) is 1.97. The molecule has 0 aromatic rings. The number of alkyl halides is 3. The van der Waals surface area contributed by atoms with Gasteiger partial charge in [-0.25, -0.2) is 0 Å². The highest BCUT2D eigenvalue weighted by Crippen LogP contribution is 2.30. The molecule has 0 aliphatic carbocycles. The molecule has 0 saturated heterocycles. The Morgan fingerprint density at radius 1 is 1.62 bits per heavy atom. The van der Waals surface area contributed by atoms with Gasteiger partial charge in [0.1, 0.15) is 0 Å². The van der Waals surface area contributed by atoms with E-state index in [-0.39, 0.29) is 6.42 Å². The van der Waals surface area contributed by atoms with Gasteiger partial charge in [-0.15, -0.1) is 6.58 Å². The van der Waals surface area contributed by atoms with Gasteiger partial charge in [-0.3, -0.25) is 0 Å². The van der Waals surface area contributed by atoms with Crippen molar-refractivity contribution in [2.45, 2.75) is 30.6 Å². The van der Waals surface area contributed by atoms with Crippen molar-refractivity contribution in [3.05, 3.63) is 24.3 Å². The van der Waals surface area contributed by atoms with Crippen LogP contribution in [0.1, 0.15) is 26.7 Å². The lowest BCUT2D eigenvalue weighted by molar-refractivity contribution is 0.128. The Bertz CT molecular complexity index is 192. The average molecular weight is 300 g/mol. The fourth-order valence-corrected chi connectivity index (χ4v) is 1.47. The van der Waals surface area contributed by atoms with Crippen LogP contribution in [0.3, 0.4) is 0 Å². The third-order valence-electron chi connectivity index (χ3n) is 1.72. The van der Waals surface area contributed by atoms with Gasteiger partial charge in [0.15, 0.2) is 0 Å². The highest BCUT2D eigenvalue weighted by atomic mass is 127. The summed E-state index contributed by atoms with van der Waals surface area (Å²) < 4.78 is 22.4. The summed E-state index contributed by atoms with van der Waals surface area (Å²) in [6.07, 6.45) is 4.32. The highest BCUT2D eigenvalue weighted by Gasteiger charge is 2.23. The number of allylic oxidation sites excluding steroid dienone is 3. The van der Waals surface area contributed by atoms with Crippen molar-refractivity contribution in [1.29, 1.82) is 0 Å². The second-order valence-corrected chi connectivity index (χ2v) is 4.87. The predicted molar refractivity (Wildman–Crippen MR) is 61.3 cm³/mol. The summed E-state index contributed by atoms with van der Waals surface area (Å²) in [6, 6.07) is 0. The Labute approximate surface area is 92.2 Å². The minimum Gasteiger partial charge on any atom is -0.195 e. The molecule has 0 spiro atoms. The van der Waals surface area contributed by atoms with Gasteiger partial charge in [-0.1, -0.05) is 24.6 Å². The molecule has 0 bridgehead atoms. The van der Waals surface area contributed by atoms with E-state index >= 15 is 0 Å². The van der Waals surface area contributed by atoms with Crippen molar-refractivity contribution in [3.8, 4) is 0 Å². The summed E-state index contributed by atoms with van der Waals surface area (Å²) in [4.78, 5) is 0. The molecule has 0 rings (SSSR count). The van der Waals surface area contributed by atoms with Gasteiger partial charge in [0, 0.05) is 6.42 Å². The van der Waals surface area contributed by atoms with Crippen molar-refractivity contribution in [2.75, 3.05) is 0 Å². The second kappa shape index (κ2) is 5.73. The molecule has 0 heterocycles. The van der Waals surface area contributed by atoms with Gasteiger partial charge in [-0.05, 0) is 41.9 Å². The maximum atomic E-state index is 12.5. The summed E-state index contributed by atoms with van der Waals surface area (Å²) in [5.74, 6) is 0.359. The van der Waals surface area contributed by atoms with Crippen LogP contribution in [0, 0.1) is 5.92 Å². The first-order valence-electron chi connectivity index (χ1n) is 4.20. The van der Waals surface area contributed by atoms with Gasteiger partial charge in [0.25, 0.3) is 3.93 Å². The predicted octanol–water partition coefficient (Wildman–Crippen LogP) is 4.56. The Balaban J connectivity index is 3.96. The lowest BCUT2D eigenvalue weighted by atomic mass is 10.1. The normalized spacial score (nSPS) is 15.6. The summed E-state index contributed by atoms with van der Waals surface area (Å²) in [7, 11) is 0. The van der Waals surface area contributed by atoms with E-state index in [4.69, 9.17) is 0 Å². The Morgan fingerprint density at radius 2 is 2.15 bits per heavy atom. The first kappa shape index (κ1) is 13.1. The van der Waals surface area contributed by atoms with E-state index in [0.717, 1.165) is 34.6 Å². The van der Waals surface area contributed by atoms with Crippen molar-refractivity contribution < 1.29 is 8.78 Å². The second-order valence-electron chi connectivity index (χ2n) is 3.29.